The molecule has 3 aromatic rings. The topological polar surface area (TPSA) is 17.8 Å². The van der Waals surface area contributed by atoms with Crippen molar-refractivity contribution in [1.29, 1.82) is 0 Å². The number of benzene rings is 2. The Balaban J connectivity index is 2.32. The highest BCUT2D eigenvalue weighted by molar-refractivity contribution is 9.10. The van der Waals surface area contributed by atoms with E-state index in [1.807, 2.05) is 22.8 Å². The fraction of sp³-hybridized carbons (Fsp3) is 0.133. The van der Waals surface area contributed by atoms with Crippen LogP contribution in [0.5, 0.6) is 0 Å². The van der Waals surface area contributed by atoms with Gasteiger partial charge in [0.15, 0.2) is 0 Å². The van der Waals surface area contributed by atoms with Crippen molar-refractivity contribution in [3.63, 3.8) is 0 Å². The molecule has 2 nitrogen and oxygen atoms in total. The molecule has 0 amide bonds. The van der Waals surface area contributed by atoms with Gasteiger partial charge in [0, 0.05) is 29.1 Å². The number of alkyl halides is 1. The minimum atomic E-state index is -0.330. The molecule has 6 heteroatoms. The minimum absolute atomic E-state index is 0.330. The van der Waals surface area contributed by atoms with Crippen LogP contribution in [-0.4, -0.2) is 15.4 Å². The first-order chi connectivity index (χ1) is 10.1. The highest BCUT2D eigenvalue weighted by Crippen LogP contribution is 2.28. The van der Waals surface area contributed by atoms with Crippen LogP contribution < -0.4 is 0 Å². The van der Waals surface area contributed by atoms with Gasteiger partial charge in [-0.05, 0) is 40.2 Å². The molecule has 0 N–H and O–H groups in total. The summed E-state index contributed by atoms with van der Waals surface area (Å²) in [5.74, 6) is 0.885. The third-order valence-electron chi connectivity index (χ3n) is 3.15. The van der Waals surface area contributed by atoms with Crippen LogP contribution in [0.1, 0.15) is 5.82 Å². The molecule has 2 aromatic carbocycles. The van der Waals surface area contributed by atoms with Crippen molar-refractivity contribution >= 4 is 50.2 Å². The van der Waals surface area contributed by atoms with Crippen molar-refractivity contribution in [2.75, 3.05) is 5.88 Å². The highest BCUT2D eigenvalue weighted by atomic mass is 79.9. The molecule has 0 saturated carbocycles. The van der Waals surface area contributed by atoms with E-state index in [0.717, 1.165) is 11.5 Å². The van der Waals surface area contributed by atoms with E-state index < -0.39 is 0 Å². The van der Waals surface area contributed by atoms with Crippen LogP contribution in [0.3, 0.4) is 0 Å². The van der Waals surface area contributed by atoms with Gasteiger partial charge in [0.1, 0.15) is 11.6 Å². The predicted molar refractivity (Wildman–Crippen MR) is 88.2 cm³/mol. The van der Waals surface area contributed by atoms with Gasteiger partial charge in [-0.3, -0.25) is 4.57 Å². The lowest BCUT2D eigenvalue weighted by molar-refractivity contribution is 0.622. The first kappa shape index (κ1) is 14.8. The van der Waals surface area contributed by atoms with E-state index in [0.29, 0.717) is 32.8 Å². The van der Waals surface area contributed by atoms with Gasteiger partial charge in [-0.2, -0.15) is 0 Å². The van der Waals surface area contributed by atoms with E-state index in [2.05, 4.69) is 20.9 Å². The number of aromatic nitrogens is 2. The molecule has 0 bridgehead atoms. The van der Waals surface area contributed by atoms with E-state index in [1.54, 1.807) is 12.1 Å². The summed E-state index contributed by atoms with van der Waals surface area (Å²) in [7, 11) is 0. The maximum Gasteiger partial charge on any atom is 0.139 e. The van der Waals surface area contributed by atoms with Crippen LogP contribution in [0, 0.1) is 5.82 Å². The average molecular weight is 388 g/mol. The van der Waals surface area contributed by atoms with E-state index in [4.69, 9.17) is 23.2 Å². The molecule has 0 aliphatic rings. The Morgan fingerprint density at radius 2 is 2.05 bits per heavy atom. The molecular formula is C15H10BrCl2FN2. The molecule has 3 rings (SSSR count). The molecule has 0 saturated heterocycles. The summed E-state index contributed by atoms with van der Waals surface area (Å²) in [6.45, 7) is 0. The number of hydrogen-bond donors (Lipinski definition) is 0. The Labute approximate surface area is 139 Å². The summed E-state index contributed by atoms with van der Waals surface area (Å²) in [4.78, 5) is 4.55. The Morgan fingerprint density at radius 1 is 1.24 bits per heavy atom. The summed E-state index contributed by atoms with van der Waals surface area (Å²) in [6, 6.07) is 10.5. The lowest BCUT2D eigenvalue weighted by Crippen LogP contribution is -2.02. The van der Waals surface area contributed by atoms with Crippen LogP contribution >= 0.6 is 39.1 Å². The summed E-state index contributed by atoms with van der Waals surface area (Å²) in [5.41, 5.74) is 2.24. The molecule has 0 spiro atoms. The Kier molecular flexibility index (Phi) is 4.20. The molecule has 0 radical (unpaired) electrons. The van der Waals surface area contributed by atoms with Gasteiger partial charge in [0.05, 0.1) is 15.5 Å². The third-order valence-corrected chi connectivity index (χ3v) is 4.18. The van der Waals surface area contributed by atoms with E-state index >= 15 is 0 Å². The van der Waals surface area contributed by atoms with Gasteiger partial charge in [0.2, 0.25) is 0 Å². The third kappa shape index (κ3) is 2.80. The summed E-state index contributed by atoms with van der Waals surface area (Å²) < 4.78 is 16.2. The number of imidazole rings is 1. The van der Waals surface area contributed by atoms with Gasteiger partial charge in [0.25, 0.3) is 0 Å². The number of rotatable bonds is 3. The molecular weight excluding hydrogens is 378 g/mol. The van der Waals surface area contributed by atoms with Crippen LogP contribution in [0.4, 0.5) is 4.39 Å². The number of hydrogen-bond acceptors (Lipinski definition) is 1. The standard InChI is InChI=1S/C15H10BrCl2FN2/c16-11-7-13-14(8-12(11)19)21(15(20-13)4-5-17)10-3-1-2-9(18)6-10/h1-3,6-8H,4-5H2. The monoisotopic (exact) mass is 386 g/mol. The fourth-order valence-corrected chi connectivity index (χ4v) is 2.96. The summed E-state index contributed by atoms with van der Waals surface area (Å²) in [6.07, 6.45) is 0.585. The van der Waals surface area contributed by atoms with Crippen molar-refractivity contribution in [3.8, 4) is 5.69 Å². The summed E-state index contributed by atoms with van der Waals surface area (Å²) in [5, 5.41) is 0.615. The van der Waals surface area contributed by atoms with Gasteiger partial charge < -0.3 is 0 Å². The molecule has 108 valence electrons. The predicted octanol–water partition coefficient (Wildman–Crippen LogP) is 5.36. The summed E-state index contributed by atoms with van der Waals surface area (Å²) >= 11 is 15.1. The molecule has 1 aromatic heterocycles. The second-order valence-corrected chi connectivity index (χ2v) is 6.21. The highest BCUT2D eigenvalue weighted by Gasteiger charge is 2.14. The second kappa shape index (κ2) is 5.95. The SMILES string of the molecule is Fc1cc2c(cc1Br)nc(CCCl)n2-c1cccc(Cl)c1. The molecule has 0 fully saturated rings. The van der Waals surface area contributed by atoms with Gasteiger partial charge in [-0.15, -0.1) is 11.6 Å². The van der Waals surface area contributed by atoms with Crippen molar-refractivity contribution in [3.05, 3.63) is 57.5 Å². The van der Waals surface area contributed by atoms with Crippen LogP contribution in [-0.2, 0) is 6.42 Å². The van der Waals surface area contributed by atoms with Crippen molar-refractivity contribution in [2.24, 2.45) is 0 Å². The largest absolute Gasteiger partial charge is 0.296 e. The van der Waals surface area contributed by atoms with Crippen LogP contribution in [0.2, 0.25) is 5.02 Å². The zero-order valence-electron chi connectivity index (χ0n) is 10.8. The molecule has 0 unspecified atom stereocenters. The number of nitrogens with zero attached hydrogens (tertiary/aromatic N) is 2. The van der Waals surface area contributed by atoms with Crippen molar-refractivity contribution < 1.29 is 4.39 Å². The lowest BCUT2D eigenvalue weighted by Gasteiger charge is -2.09. The number of halogens is 4. The molecule has 21 heavy (non-hydrogen) atoms. The minimum Gasteiger partial charge on any atom is -0.296 e. The second-order valence-electron chi connectivity index (χ2n) is 4.54. The van der Waals surface area contributed by atoms with Crippen molar-refractivity contribution in [1.82, 2.24) is 9.55 Å². The Morgan fingerprint density at radius 3 is 2.76 bits per heavy atom. The smallest absolute Gasteiger partial charge is 0.139 e. The fourth-order valence-electron chi connectivity index (χ4n) is 2.28. The maximum absolute atomic E-state index is 13.9. The van der Waals surface area contributed by atoms with E-state index in [-0.39, 0.29) is 5.82 Å². The molecule has 0 atom stereocenters. The molecule has 1 heterocycles. The number of fused-ring (bicyclic) bond motifs is 1. The first-order valence-corrected chi connectivity index (χ1v) is 7.99. The zero-order chi connectivity index (χ0) is 15.0. The maximum atomic E-state index is 13.9. The van der Waals surface area contributed by atoms with Crippen LogP contribution in [0.15, 0.2) is 40.9 Å². The quantitative estimate of drug-likeness (QED) is 0.553. The zero-order valence-corrected chi connectivity index (χ0v) is 13.9. The normalized spacial score (nSPS) is 11.2. The number of aryl methyl sites for hydroxylation is 1. The Bertz CT molecular complexity index is 817. The Hall–Kier alpha value is -1.10. The average Bonchev–Trinajstić information content (AvgIpc) is 2.77. The first-order valence-electron chi connectivity index (χ1n) is 6.28. The van der Waals surface area contributed by atoms with E-state index in [9.17, 15) is 4.39 Å². The van der Waals surface area contributed by atoms with Crippen molar-refractivity contribution in [2.45, 2.75) is 6.42 Å². The van der Waals surface area contributed by atoms with Crippen LogP contribution in [0.25, 0.3) is 16.7 Å². The van der Waals surface area contributed by atoms with E-state index in [1.165, 1.54) is 6.07 Å². The molecule has 0 aliphatic heterocycles. The lowest BCUT2D eigenvalue weighted by atomic mass is 10.2. The molecule has 0 aliphatic carbocycles. The van der Waals surface area contributed by atoms with Gasteiger partial charge in [-0.25, -0.2) is 9.37 Å². The van der Waals surface area contributed by atoms with Gasteiger partial charge >= 0.3 is 0 Å². The van der Waals surface area contributed by atoms with Gasteiger partial charge in [-0.1, -0.05) is 17.7 Å².